The Morgan fingerprint density at radius 3 is 2.35 bits per heavy atom. The molecule has 3 aromatic rings. The highest BCUT2D eigenvalue weighted by molar-refractivity contribution is 5.79. The standard InChI is InChI=1S/C26H31N3O5/c1-31-21-10-8-19(9-11-21)25-27-24(34-28-25)14-16-29(26(30)20-5-4-6-20)15-13-18-7-12-22(32-2)23(17-18)33-3/h7-12,17,20H,4-6,13-16H2,1-3H3. The van der Waals surface area contributed by atoms with Crippen LogP contribution in [0, 0.1) is 5.92 Å². The van der Waals surface area contributed by atoms with Gasteiger partial charge in [0, 0.05) is 31.0 Å². The molecule has 0 N–H and O–H groups in total. The van der Waals surface area contributed by atoms with Crippen molar-refractivity contribution in [2.75, 3.05) is 34.4 Å². The van der Waals surface area contributed by atoms with E-state index in [1.165, 1.54) is 0 Å². The van der Waals surface area contributed by atoms with Crippen molar-refractivity contribution < 1.29 is 23.5 Å². The van der Waals surface area contributed by atoms with E-state index in [4.69, 9.17) is 18.7 Å². The van der Waals surface area contributed by atoms with Gasteiger partial charge in [-0.3, -0.25) is 4.79 Å². The number of methoxy groups -OCH3 is 3. The molecule has 0 aliphatic heterocycles. The average molecular weight is 466 g/mol. The van der Waals surface area contributed by atoms with Crippen LogP contribution in [0.2, 0.25) is 0 Å². The highest BCUT2D eigenvalue weighted by atomic mass is 16.5. The minimum absolute atomic E-state index is 0.128. The van der Waals surface area contributed by atoms with Gasteiger partial charge in [0.1, 0.15) is 5.75 Å². The molecular formula is C26H31N3O5. The quantitative estimate of drug-likeness (QED) is 0.420. The van der Waals surface area contributed by atoms with Crippen LogP contribution in [0.1, 0.15) is 30.7 Å². The lowest BCUT2D eigenvalue weighted by molar-refractivity contribution is -0.138. The van der Waals surface area contributed by atoms with Gasteiger partial charge in [0.2, 0.25) is 17.6 Å². The fourth-order valence-electron chi connectivity index (χ4n) is 3.99. The summed E-state index contributed by atoms with van der Waals surface area (Å²) in [6.45, 7) is 1.15. The monoisotopic (exact) mass is 465 g/mol. The van der Waals surface area contributed by atoms with Gasteiger partial charge in [-0.25, -0.2) is 0 Å². The zero-order valence-electron chi connectivity index (χ0n) is 20.0. The van der Waals surface area contributed by atoms with Crippen molar-refractivity contribution >= 4 is 5.91 Å². The molecule has 0 spiro atoms. The molecule has 1 saturated carbocycles. The molecule has 1 heterocycles. The zero-order chi connectivity index (χ0) is 23.9. The predicted molar refractivity (Wildman–Crippen MR) is 127 cm³/mol. The van der Waals surface area contributed by atoms with Crippen LogP contribution in [0.5, 0.6) is 17.2 Å². The minimum Gasteiger partial charge on any atom is -0.497 e. The van der Waals surface area contributed by atoms with Gasteiger partial charge in [-0.2, -0.15) is 4.98 Å². The molecule has 34 heavy (non-hydrogen) atoms. The molecule has 1 aliphatic rings. The van der Waals surface area contributed by atoms with Crippen molar-refractivity contribution in [2.45, 2.75) is 32.1 Å². The Kier molecular flexibility index (Phi) is 7.67. The molecule has 8 heteroatoms. The van der Waals surface area contributed by atoms with Gasteiger partial charge in [0.15, 0.2) is 11.5 Å². The molecule has 2 aromatic carbocycles. The summed E-state index contributed by atoms with van der Waals surface area (Å²) in [7, 11) is 4.87. The second-order valence-electron chi connectivity index (χ2n) is 8.38. The summed E-state index contributed by atoms with van der Waals surface area (Å²) in [5.74, 6) is 3.53. The molecule has 1 aliphatic carbocycles. The maximum atomic E-state index is 13.1. The fourth-order valence-corrected chi connectivity index (χ4v) is 3.99. The summed E-state index contributed by atoms with van der Waals surface area (Å²) in [6, 6.07) is 13.4. The summed E-state index contributed by atoms with van der Waals surface area (Å²) in [4.78, 5) is 19.5. The van der Waals surface area contributed by atoms with Crippen LogP contribution >= 0.6 is 0 Å². The Labute approximate surface area is 199 Å². The van der Waals surface area contributed by atoms with E-state index >= 15 is 0 Å². The molecule has 0 bridgehead atoms. The van der Waals surface area contributed by atoms with Crippen molar-refractivity contribution in [3.63, 3.8) is 0 Å². The van der Waals surface area contributed by atoms with E-state index in [2.05, 4.69) is 10.1 Å². The second kappa shape index (κ2) is 11.0. The van der Waals surface area contributed by atoms with Gasteiger partial charge in [-0.1, -0.05) is 17.6 Å². The number of ether oxygens (including phenoxy) is 3. The van der Waals surface area contributed by atoms with E-state index in [-0.39, 0.29) is 11.8 Å². The summed E-state index contributed by atoms with van der Waals surface area (Å²) < 4.78 is 21.4. The maximum absolute atomic E-state index is 13.1. The zero-order valence-corrected chi connectivity index (χ0v) is 20.0. The van der Waals surface area contributed by atoms with Gasteiger partial charge < -0.3 is 23.6 Å². The smallest absolute Gasteiger partial charge is 0.228 e. The molecule has 0 saturated heterocycles. The molecular weight excluding hydrogens is 434 g/mol. The average Bonchev–Trinajstić information content (AvgIpc) is 3.31. The predicted octanol–water partition coefficient (Wildman–Crippen LogP) is 4.18. The number of rotatable bonds is 11. The first-order valence-corrected chi connectivity index (χ1v) is 11.6. The lowest BCUT2D eigenvalue weighted by Gasteiger charge is -2.31. The SMILES string of the molecule is COc1ccc(-c2noc(CCN(CCc3ccc(OC)c(OC)c3)C(=O)C3CCC3)n2)cc1. The van der Waals surface area contributed by atoms with E-state index in [1.807, 2.05) is 47.4 Å². The Morgan fingerprint density at radius 1 is 0.971 bits per heavy atom. The third-order valence-corrected chi connectivity index (χ3v) is 6.30. The first-order chi connectivity index (χ1) is 16.6. The van der Waals surface area contributed by atoms with E-state index in [1.54, 1.807) is 21.3 Å². The minimum atomic E-state index is 0.128. The molecule has 4 rings (SSSR count). The van der Waals surface area contributed by atoms with Gasteiger partial charge in [-0.15, -0.1) is 0 Å². The Bertz CT molecular complexity index is 1090. The lowest BCUT2D eigenvalue weighted by Crippen LogP contribution is -2.41. The third kappa shape index (κ3) is 5.50. The summed E-state index contributed by atoms with van der Waals surface area (Å²) >= 11 is 0. The number of carbonyl (C=O) groups is 1. The first-order valence-electron chi connectivity index (χ1n) is 11.6. The Balaban J connectivity index is 1.40. The van der Waals surface area contributed by atoms with Crippen LogP contribution < -0.4 is 14.2 Å². The highest BCUT2D eigenvalue weighted by Gasteiger charge is 2.29. The van der Waals surface area contributed by atoms with E-state index < -0.39 is 0 Å². The molecule has 0 unspecified atom stereocenters. The number of hydrogen-bond acceptors (Lipinski definition) is 7. The first kappa shape index (κ1) is 23.6. The van der Waals surface area contributed by atoms with Gasteiger partial charge in [0.25, 0.3) is 0 Å². The Hall–Kier alpha value is -3.55. The summed E-state index contributed by atoms with van der Waals surface area (Å²) in [6.07, 6.45) is 4.28. The molecule has 1 amide bonds. The summed E-state index contributed by atoms with van der Waals surface area (Å²) in [5.41, 5.74) is 1.94. The van der Waals surface area contributed by atoms with Crippen molar-refractivity contribution in [3.05, 3.63) is 53.9 Å². The maximum Gasteiger partial charge on any atom is 0.228 e. The molecule has 1 fully saturated rings. The number of aromatic nitrogens is 2. The third-order valence-electron chi connectivity index (χ3n) is 6.30. The number of nitrogens with zero attached hydrogens (tertiary/aromatic N) is 3. The lowest BCUT2D eigenvalue weighted by atomic mass is 9.84. The van der Waals surface area contributed by atoms with Crippen molar-refractivity contribution in [1.29, 1.82) is 0 Å². The largest absolute Gasteiger partial charge is 0.497 e. The number of hydrogen-bond donors (Lipinski definition) is 0. The van der Waals surface area contributed by atoms with Crippen molar-refractivity contribution in [3.8, 4) is 28.6 Å². The van der Waals surface area contributed by atoms with Crippen LogP contribution in [0.3, 0.4) is 0 Å². The van der Waals surface area contributed by atoms with E-state index in [9.17, 15) is 4.79 Å². The normalized spacial score (nSPS) is 13.3. The number of amides is 1. The van der Waals surface area contributed by atoms with Crippen molar-refractivity contribution in [2.24, 2.45) is 5.92 Å². The van der Waals surface area contributed by atoms with Crippen LogP contribution in [0.15, 0.2) is 47.0 Å². The van der Waals surface area contributed by atoms with Crippen LogP contribution in [0.25, 0.3) is 11.4 Å². The van der Waals surface area contributed by atoms with Gasteiger partial charge in [-0.05, 0) is 61.2 Å². The van der Waals surface area contributed by atoms with E-state index in [0.29, 0.717) is 42.7 Å². The fraction of sp³-hybridized carbons (Fsp3) is 0.423. The molecule has 8 nitrogen and oxygen atoms in total. The Morgan fingerprint density at radius 2 is 1.71 bits per heavy atom. The van der Waals surface area contributed by atoms with Crippen molar-refractivity contribution in [1.82, 2.24) is 15.0 Å². The van der Waals surface area contributed by atoms with Gasteiger partial charge >= 0.3 is 0 Å². The number of carbonyl (C=O) groups excluding carboxylic acids is 1. The van der Waals surface area contributed by atoms with Crippen LogP contribution in [0.4, 0.5) is 0 Å². The molecule has 0 atom stereocenters. The number of benzene rings is 2. The van der Waals surface area contributed by atoms with E-state index in [0.717, 1.165) is 42.6 Å². The second-order valence-corrected chi connectivity index (χ2v) is 8.38. The van der Waals surface area contributed by atoms with Crippen LogP contribution in [-0.4, -0.2) is 55.4 Å². The van der Waals surface area contributed by atoms with Gasteiger partial charge in [0.05, 0.1) is 21.3 Å². The topological polar surface area (TPSA) is 86.9 Å². The van der Waals surface area contributed by atoms with Crippen LogP contribution in [-0.2, 0) is 17.6 Å². The molecule has 1 aromatic heterocycles. The molecule has 180 valence electrons. The highest BCUT2D eigenvalue weighted by Crippen LogP contribution is 2.30. The summed E-state index contributed by atoms with van der Waals surface area (Å²) in [5, 5.41) is 4.10. The molecule has 0 radical (unpaired) electrons.